The van der Waals surface area contributed by atoms with E-state index >= 15 is 0 Å². The van der Waals surface area contributed by atoms with Crippen molar-refractivity contribution in [2.45, 2.75) is 12.7 Å². The van der Waals surface area contributed by atoms with Gasteiger partial charge in [0.15, 0.2) is 0 Å². The van der Waals surface area contributed by atoms with Gasteiger partial charge in [-0.2, -0.15) is 0 Å². The molecule has 3 heterocycles. The van der Waals surface area contributed by atoms with Crippen molar-refractivity contribution in [3.63, 3.8) is 0 Å². The number of halogens is 2. The average molecular weight is 366 g/mol. The summed E-state index contributed by atoms with van der Waals surface area (Å²) in [5.74, 6) is -1.17. The van der Waals surface area contributed by atoms with Gasteiger partial charge in [0.1, 0.15) is 23.5 Å². The largest absolute Gasteiger partial charge is 0.355 e. The van der Waals surface area contributed by atoms with E-state index in [4.69, 9.17) is 0 Å². The number of aromatic nitrogens is 1. The third kappa shape index (κ3) is 3.31. The number of nitrogens with one attached hydrogen (secondary N) is 2. The summed E-state index contributed by atoms with van der Waals surface area (Å²) in [5.41, 5.74) is 2.03. The molecule has 27 heavy (non-hydrogen) atoms. The van der Waals surface area contributed by atoms with E-state index in [1.807, 2.05) is 29.3 Å². The molecule has 136 valence electrons. The zero-order valence-electron chi connectivity index (χ0n) is 14.2. The van der Waals surface area contributed by atoms with Crippen molar-refractivity contribution in [2.24, 2.45) is 0 Å². The van der Waals surface area contributed by atoms with Crippen molar-refractivity contribution in [1.29, 1.82) is 0 Å². The van der Waals surface area contributed by atoms with E-state index in [-0.39, 0.29) is 30.1 Å². The van der Waals surface area contributed by atoms with Crippen molar-refractivity contribution in [1.82, 2.24) is 20.5 Å². The molecule has 0 saturated carbocycles. The molecule has 4 rings (SSSR count). The molecule has 0 bridgehead atoms. The summed E-state index contributed by atoms with van der Waals surface area (Å²) in [6, 6.07) is 8.88. The van der Waals surface area contributed by atoms with Crippen molar-refractivity contribution in [3.8, 4) is 0 Å². The molecular weight excluding hydrogens is 350 g/mol. The van der Waals surface area contributed by atoms with Crippen LogP contribution in [0, 0.1) is 11.6 Å². The molecule has 5 nitrogen and oxygen atoms in total. The Morgan fingerprint density at radius 2 is 2.00 bits per heavy atom. The van der Waals surface area contributed by atoms with Gasteiger partial charge in [-0.25, -0.2) is 8.78 Å². The molecule has 0 fully saturated rings. The molecule has 0 aliphatic carbocycles. The van der Waals surface area contributed by atoms with Gasteiger partial charge in [0.05, 0.1) is 17.9 Å². The van der Waals surface area contributed by atoms with Gasteiger partial charge < -0.3 is 15.5 Å². The number of hydrogen-bond acceptors (Lipinski definition) is 4. The molecule has 1 aromatic heterocycles. The molecule has 1 unspecified atom stereocenters. The summed E-state index contributed by atoms with van der Waals surface area (Å²) in [5, 5.41) is 5.86. The third-order valence-corrected chi connectivity index (χ3v) is 4.37. The summed E-state index contributed by atoms with van der Waals surface area (Å²) < 4.78 is 26.9. The van der Waals surface area contributed by atoms with Gasteiger partial charge in [-0.15, -0.1) is 0 Å². The Kier molecular flexibility index (Phi) is 4.42. The topological polar surface area (TPSA) is 57.3 Å². The van der Waals surface area contributed by atoms with Crippen molar-refractivity contribution in [3.05, 3.63) is 101 Å². The molecule has 2 aromatic rings. The first kappa shape index (κ1) is 17.0. The molecule has 0 saturated heterocycles. The zero-order chi connectivity index (χ0) is 18.8. The number of fused-ring (bicyclic) bond motifs is 1. The maximum absolute atomic E-state index is 13.7. The second-order valence-corrected chi connectivity index (χ2v) is 6.08. The summed E-state index contributed by atoms with van der Waals surface area (Å²) in [6.07, 6.45) is 8.47. The van der Waals surface area contributed by atoms with Crippen LogP contribution in [0.15, 0.2) is 78.4 Å². The van der Waals surface area contributed by atoms with Crippen LogP contribution in [0.2, 0.25) is 0 Å². The van der Waals surface area contributed by atoms with Crippen molar-refractivity contribution >= 4 is 5.91 Å². The second-order valence-electron chi connectivity index (χ2n) is 6.08. The van der Waals surface area contributed by atoms with Crippen LogP contribution in [0.5, 0.6) is 0 Å². The molecule has 7 heteroatoms. The molecule has 2 aliphatic heterocycles. The van der Waals surface area contributed by atoms with Gasteiger partial charge in [-0.05, 0) is 42.0 Å². The molecule has 0 spiro atoms. The monoisotopic (exact) mass is 366 g/mol. The van der Waals surface area contributed by atoms with E-state index in [9.17, 15) is 13.6 Å². The van der Waals surface area contributed by atoms with Gasteiger partial charge in [-0.1, -0.05) is 18.2 Å². The molecule has 0 radical (unpaired) electrons. The van der Waals surface area contributed by atoms with Crippen LogP contribution in [0.4, 0.5) is 8.78 Å². The fourth-order valence-corrected chi connectivity index (χ4v) is 3.04. The normalized spacial score (nSPS) is 17.7. The number of allylic oxidation sites excluding steroid dienone is 3. The highest BCUT2D eigenvalue weighted by Gasteiger charge is 2.33. The van der Waals surface area contributed by atoms with Crippen LogP contribution in [0.1, 0.15) is 17.4 Å². The number of benzene rings is 1. The fourth-order valence-electron chi connectivity index (χ4n) is 3.04. The summed E-state index contributed by atoms with van der Waals surface area (Å²) in [4.78, 5) is 18.5. The summed E-state index contributed by atoms with van der Waals surface area (Å²) in [7, 11) is 0. The highest BCUT2D eigenvalue weighted by Crippen LogP contribution is 2.33. The van der Waals surface area contributed by atoms with Crippen molar-refractivity contribution in [2.75, 3.05) is 0 Å². The van der Waals surface area contributed by atoms with Crippen LogP contribution < -0.4 is 10.6 Å². The van der Waals surface area contributed by atoms with E-state index < -0.39 is 5.82 Å². The lowest BCUT2D eigenvalue weighted by atomic mass is 10.1. The first-order valence-electron chi connectivity index (χ1n) is 8.40. The van der Waals surface area contributed by atoms with Crippen LogP contribution in [-0.4, -0.2) is 15.8 Å². The molecule has 2 N–H and O–H groups in total. The summed E-state index contributed by atoms with van der Waals surface area (Å²) in [6.45, 7) is -0.0231. The van der Waals surface area contributed by atoms with E-state index in [1.54, 1.807) is 12.1 Å². The van der Waals surface area contributed by atoms with E-state index in [2.05, 4.69) is 15.6 Å². The smallest absolute Gasteiger partial charge is 0.269 e. The predicted molar refractivity (Wildman–Crippen MR) is 95.5 cm³/mol. The number of nitrogens with zero attached hydrogens (tertiary/aromatic N) is 2. The first-order chi connectivity index (χ1) is 13.1. The number of carbonyl (C=O) groups is 1. The van der Waals surface area contributed by atoms with Crippen LogP contribution >= 0.6 is 0 Å². The highest BCUT2D eigenvalue weighted by atomic mass is 19.1. The van der Waals surface area contributed by atoms with Crippen molar-refractivity contribution < 1.29 is 13.6 Å². The quantitative estimate of drug-likeness (QED) is 0.874. The van der Waals surface area contributed by atoms with E-state index in [1.165, 1.54) is 30.5 Å². The Bertz CT molecular complexity index is 966. The first-order valence-corrected chi connectivity index (χ1v) is 8.40. The SMILES string of the molecule is O=C(NCc1ncccc1F)C1=C2C=CC=CN2C(c2ccc(F)cc2)N1. The molecule has 2 aliphatic rings. The lowest BCUT2D eigenvalue weighted by Crippen LogP contribution is -2.32. The third-order valence-electron chi connectivity index (χ3n) is 4.37. The minimum Gasteiger partial charge on any atom is -0.355 e. The number of amides is 1. The van der Waals surface area contributed by atoms with Crippen LogP contribution in [0.3, 0.4) is 0 Å². The maximum Gasteiger partial charge on any atom is 0.269 e. The minimum atomic E-state index is -0.471. The zero-order valence-corrected chi connectivity index (χ0v) is 14.2. The fraction of sp³-hybridized carbons (Fsp3) is 0.100. The van der Waals surface area contributed by atoms with E-state index in [0.717, 1.165) is 5.56 Å². The Morgan fingerprint density at radius 3 is 2.78 bits per heavy atom. The summed E-state index contributed by atoms with van der Waals surface area (Å²) >= 11 is 0. The Balaban J connectivity index is 1.55. The molecule has 1 atom stereocenters. The molecule has 1 amide bonds. The Labute approximate surface area is 154 Å². The predicted octanol–water partition coefficient (Wildman–Crippen LogP) is 2.88. The number of rotatable bonds is 4. The highest BCUT2D eigenvalue weighted by molar-refractivity contribution is 5.94. The standard InChI is InChI=1S/C20H16F2N4O/c21-14-8-6-13(7-9-14)19-25-18(17-5-1-2-11-26(17)19)20(27)24-12-16-15(22)4-3-10-23-16/h1-11,19,25H,12H2,(H,24,27). The van der Waals surface area contributed by atoms with Gasteiger partial charge in [-0.3, -0.25) is 9.78 Å². The van der Waals surface area contributed by atoms with Crippen LogP contribution in [0.25, 0.3) is 0 Å². The number of pyridine rings is 1. The number of hydrogen-bond donors (Lipinski definition) is 2. The Morgan fingerprint density at radius 1 is 1.19 bits per heavy atom. The molecule has 1 aromatic carbocycles. The van der Waals surface area contributed by atoms with Gasteiger partial charge in [0.2, 0.25) is 0 Å². The molecular formula is C20H16F2N4O. The average Bonchev–Trinajstić information content (AvgIpc) is 3.08. The van der Waals surface area contributed by atoms with Crippen LogP contribution in [-0.2, 0) is 11.3 Å². The number of carbonyl (C=O) groups excluding carboxylic acids is 1. The van der Waals surface area contributed by atoms with E-state index in [0.29, 0.717) is 11.4 Å². The van der Waals surface area contributed by atoms with Gasteiger partial charge >= 0.3 is 0 Å². The van der Waals surface area contributed by atoms with Gasteiger partial charge in [0.25, 0.3) is 5.91 Å². The Hall–Kier alpha value is -3.48. The second kappa shape index (κ2) is 7.03. The maximum atomic E-state index is 13.7. The lowest BCUT2D eigenvalue weighted by Gasteiger charge is -2.26. The van der Waals surface area contributed by atoms with Gasteiger partial charge in [0, 0.05) is 12.4 Å². The lowest BCUT2D eigenvalue weighted by molar-refractivity contribution is -0.118. The minimum absolute atomic E-state index is 0.0231.